The van der Waals surface area contributed by atoms with Crippen molar-refractivity contribution < 1.29 is 19.1 Å². The van der Waals surface area contributed by atoms with Crippen molar-refractivity contribution in [1.29, 1.82) is 0 Å². The average Bonchev–Trinajstić information content (AvgIpc) is 2.92. The highest BCUT2D eigenvalue weighted by molar-refractivity contribution is 5.91. The van der Waals surface area contributed by atoms with E-state index in [2.05, 4.69) is 12.2 Å². The van der Waals surface area contributed by atoms with Gasteiger partial charge in [-0.15, -0.1) is 0 Å². The zero-order valence-corrected chi connectivity index (χ0v) is 24.6. The van der Waals surface area contributed by atoms with Crippen LogP contribution in [0, 0.1) is 5.41 Å². The van der Waals surface area contributed by atoms with Crippen LogP contribution < -0.4 is 10.1 Å². The van der Waals surface area contributed by atoms with Gasteiger partial charge >= 0.3 is 5.97 Å². The van der Waals surface area contributed by atoms with Gasteiger partial charge in [-0.25, -0.2) is 0 Å². The highest BCUT2D eigenvalue weighted by atomic mass is 16.5. The standard InChI is InChI=1S/C33H53NO4/c1-5-7-8-9-10-11-12-13-14-15-26-37-29-21-16-27(17-22-29)18-25-31(35)34-28-19-23-30(24-20-28)38-32(36)33(3,4)6-2/h16-18,21-22,25,28,30H,5-15,19-20,23-24,26H2,1-4H3,(H,34,35)/b25-18+. The SMILES string of the molecule is CCCCCCCCCCCCOc1ccc(/C=C/C(=O)NC2CCC(OC(=O)C(C)(C)CC)CC2)cc1. The lowest BCUT2D eigenvalue weighted by atomic mass is 9.89. The van der Waals surface area contributed by atoms with Crippen molar-refractivity contribution in [3.63, 3.8) is 0 Å². The van der Waals surface area contributed by atoms with Crippen molar-refractivity contribution in [3.8, 4) is 5.75 Å². The van der Waals surface area contributed by atoms with E-state index < -0.39 is 5.41 Å². The molecule has 0 spiro atoms. The third-order valence-corrected chi connectivity index (χ3v) is 7.80. The molecule has 0 heterocycles. The summed E-state index contributed by atoms with van der Waals surface area (Å²) >= 11 is 0. The Balaban J connectivity index is 1.57. The van der Waals surface area contributed by atoms with Crippen LogP contribution in [0.1, 0.15) is 130 Å². The summed E-state index contributed by atoms with van der Waals surface area (Å²) in [7, 11) is 0. The summed E-state index contributed by atoms with van der Waals surface area (Å²) in [4.78, 5) is 24.7. The molecule has 0 atom stereocenters. The fourth-order valence-electron chi connectivity index (χ4n) is 4.66. The zero-order chi connectivity index (χ0) is 27.6. The fraction of sp³-hybridized carbons (Fsp3) is 0.697. The molecule has 5 nitrogen and oxygen atoms in total. The van der Waals surface area contributed by atoms with Crippen molar-refractivity contribution in [3.05, 3.63) is 35.9 Å². The minimum absolute atomic E-state index is 0.0390. The maximum Gasteiger partial charge on any atom is 0.311 e. The summed E-state index contributed by atoms with van der Waals surface area (Å²) < 4.78 is 11.6. The summed E-state index contributed by atoms with van der Waals surface area (Å²) in [5, 5.41) is 3.09. The van der Waals surface area contributed by atoms with Crippen molar-refractivity contribution in [2.45, 2.75) is 136 Å². The summed E-state index contributed by atoms with van der Waals surface area (Å²) in [5.41, 5.74) is 0.535. The molecule has 0 aromatic heterocycles. The minimum atomic E-state index is -0.438. The van der Waals surface area contributed by atoms with Gasteiger partial charge in [-0.1, -0.05) is 83.8 Å². The van der Waals surface area contributed by atoms with E-state index >= 15 is 0 Å². The number of nitrogens with one attached hydrogen (secondary N) is 1. The Bertz CT molecular complexity index is 822. The summed E-state index contributed by atoms with van der Waals surface area (Å²) in [6, 6.07) is 8.03. The van der Waals surface area contributed by atoms with E-state index in [1.165, 1.54) is 57.8 Å². The molecule has 1 amide bonds. The normalized spacial score (nSPS) is 17.9. The van der Waals surface area contributed by atoms with Crippen LogP contribution in [-0.4, -0.2) is 30.6 Å². The first-order chi connectivity index (χ1) is 18.3. The molecular formula is C33H53NO4. The van der Waals surface area contributed by atoms with Crippen LogP contribution in [-0.2, 0) is 14.3 Å². The Morgan fingerprint density at radius 1 is 0.868 bits per heavy atom. The van der Waals surface area contributed by atoms with Gasteiger partial charge in [-0.3, -0.25) is 9.59 Å². The van der Waals surface area contributed by atoms with E-state index in [4.69, 9.17) is 9.47 Å². The maximum atomic E-state index is 12.4. The first-order valence-electron chi connectivity index (χ1n) is 15.3. The van der Waals surface area contributed by atoms with Crippen molar-refractivity contribution in [2.75, 3.05) is 6.61 Å². The molecule has 0 unspecified atom stereocenters. The number of esters is 1. The van der Waals surface area contributed by atoms with Crippen LogP contribution in [0.5, 0.6) is 5.75 Å². The number of benzene rings is 1. The van der Waals surface area contributed by atoms with E-state index in [9.17, 15) is 9.59 Å². The second kappa shape index (κ2) is 18.1. The fourth-order valence-corrected chi connectivity index (χ4v) is 4.66. The predicted molar refractivity (Wildman–Crippen MR) is 157 cm³/mol. The number of ether oxygens (including phenoxy) is 2. The molecule has 5 heteroatoms. The molecule has 0 radical (unpaired) electrons. The highest BCUT2D eigenvalue weighted by Crippen LogP contribution is 2.27. The Kier molecular flexibility index (Phi) is 15.2. The van der Waals surface area contributed by atoms with Gasteiger partial charge in [0, 0.05) is 12.1 Å². The first-order valence-corrected chi connectivity index (χ1v) is 15.3. The number of hydrogen-bond acceptors (Lipinski definition) is 4. The molecule has 1 N–H and O–H groups in total. The second-order valence-electron chi connectivity index (χ2n) is 11.6. The Morgan fingerprint density at radius 3 is 2.03 bits per heavy atom. The number of amides is 1. The zero-order valence-electron chi connectivity index (χ0n) is 24.6. The van der Waals surface area contributed by atoms with Crippen LogP contribution in [0.15, 0.2) is 30.3 Å². The van der Waals surface area contributed by atoms with Crippen molar-refractivity contribution in [1.82, 2.24) is 5.32 Å². The van der Waals surface area contributed by atoms with Gasteiger partial charge < -0.3 is 14.8 Å². The molecule has 0 saturated heterocycles. The molecule has 1 aromatic rings. The van der Waals surface area contributed by atoms with Gasteiger partial charge in [-0.2, -0.15) is 0 Å². The van der Waals surface area contributed by atoms with E-state index in [0.29, 0.717) is 0 Å². The molecular weight excluding hydrogens is 474 g/mol. The third kappa shape index (κ3) is 13.0. The van der Waals surface area contributed by atoms with Crippen LogP contribution >= 0.6 is 0 Å². The molecule has 1 aromatic carbocycles. The number of carbonyl (C=O) groups excluding carboxylic acids is 2. The number of carbonyl (C=O) groups is 2. The van der Waals surface area contributed by atoms with Crippen LogP contribution in [0.3, 0.4) is 0 Å². The van der Waals surface area contributed by atoms with Crippen LogP contribution in [0.4, 0.5) is 0 Å². The lowest BCUT2D eigenvalue weighted by Gasteiger charge is -2.31. The maximum absolute atomic E-state index is 12.4. The summed E-state index contributed by atoms with van der Waals surface area (Å²) in [5.74, 6) is 0.673. The van der Waals surface area contributed by atoms with Gasteiger partial charge in [0.15, 0.2) is 0 Å². The summed E-state index contributed by atoms with van der Waals surface area (Å²) in [6.07, 6.45) is 20.6. The molecule has 1 saturated carbocycles. The Morgan fingerprint density at radius 2 is 1.45 bits per heavy atom. The van der Waals surface area contributed by atoms with Gasteiger partial charge in [0.2, 0.25) is 5.91 Å². The number of unbranched alkanes of at least 4 members (excludes halogenated alkanes) is 9. The van der Waals surface area contributed by atoms with Gasteiger partial charge in [0.05, 0.1) is 12.0 Å². The first kappa shape index (κ1) is 31.9. The number of hydrogen-bond donors (Lipinski definition) is 1. The average molecular weight is 528 g/mol. The molecule has 38 heavy (non-hydrogen) atoms. The van der Waals surface area contributed by atoms with Crippen LogP contribution in [0.2, 0.25) is 0 Å². The van der Waals surface area contributed by atoms with Gasteiger partial charge in [0.25, 0.3) is 0 Å². The largest absolute Gasteiger partial charge is 0.494 e. The molecule has 214 valence electrons. The lowest BCUT2D eigenvalue weighted by Crippen LogP contribution is -2.39. The second-order valence-corrected chi connectivity index (χ2v) is 11.6. The van der Waals surface area contributed by atoms with Gasteiger partial charge in [-0.05, 0) is 76.1 Å². The lowest BCUT2D eigenvalue weighted by molar-refractivity contribution is -0.161. The Labute approximate surface area is 232 Å². The van der Waals surface area contributed by atoms with E-state index in [1.807, 2.05) is 51.1 Å². The molecule has 1 fully saturated rings. The smallest absolute Gasteiger partial charge is 0.311 e. The monoisotopic (exact) mass is 527 g/mol. The quantitative estimate of drug-likeness (QED) is 0.118. The number of rotatable bonds is 18. The topological polar surface area (TPSA) is 64.6 Å². The predicted octanol–water partition coefficient (Wildman–Crippen LogP) is 8.41. The minimum Gasteiger partial charge on any atom is -0.494 e. The third-order valence-electron chi connectivity index (χ3n) is 7.80. The Hall–Kier alpha value is -2.30. The van der Waals surface area contributed by atoms with Gasteiger partial charge in [0.1, 0.15) is 11.9 Å². The molecule has 0 bridgehead atoms. The molecule has 0 aliphatic heterocycles. The molecule has 1 aliphatic rings. The van der Waals surface area contributed by atoms with Crippen molar-refractivity contribution >= 4 is 18.0 Å². The molecule has 2 rings (SSSR count). The van der Waals surface area contributed by atoms with Crippen molar-refractivity contribution in [2.24, 2.45) is 5.41 Å². The van der Waals surface area contributed by atoms with E-state index in [-0.39, 0.29) is 24.0 Å². The molecule has 1 aliphatic carbocycles. The van der Waals surface area contributed by atoms with Crippen LogP contribution in [0.25, 0.3) is 6.08 Å². The van der Waals surface area contributed by atoms with E-state index in [0.717, 1.165) is 56.4 Å². The highest BCUT2D eigenvalue weighted by Gasteiger charge is 2.31. The van der Waals surface area contributed by atoms with E-state index in [1.54, 1.807) is 6.08 Å². The summed E-state index contributed by atoms with van der Waals surface area (Å²) in [6.45, 7) is 8.87.